The summed E-state index contributed by atoms with van der Waals surface area (Å²) in [5.74, 6) is -1.64. The summed E-state index contributed by atoms with van der Waals surface area (Å²) in [6.07, 6.45) is 2.53. The fourth-order valence-corrected chi connectivity index (χ4v) is 3.60. The number of benzene rings is 1. The molecule has 0 amide bonds. The molecule has 0 spiro atoms. The van der Waals surface area contributed by atoms with Gasteiger partial charge in [0.1, 0.15) is 0 Å². The zero-order valence-electron chi connectivity index (χ0n) is 12.4. The highest BCUT2D eigenvalue weighted by Gasteiger charge is 2.34. The molecule has 3 unspecified atom stereocenters. The van der Waals surface area contributed by atoms with Crippen LogP contribution in [0.15, 0.2) is 18.2 Å². The largest absolute Gasteiger partial charge is 0.323 e. The van der Waals surface area contributed by atoms with Crippen LogP contribution in [0, 0.1) is 11.6 Å². The van der Waals surface area contributed by atoms with Crippen molar-refractivity contribution in [2.45, 2.75) is 37.9 Å². The number of nitrogens with two attached hydrogens (primary N) is 1. The molecular formula is C16H23F2N3. The van der Waals surface area contributed by atoms with E-state index in [-0.39, 0.29) is 6.04 Å². The molecule has 3 nitrogen and oxygen atoms in total. The Labute approximate surface area is 124 Å². The molecule has 1 aromatic rings. The molecule has 3 rings (SSSR count). The molecule has 2 N–H and O–H groups in total. The van der Waals surface area contributed by atoms with Crippen molar-refractivity contribution in [3.8, 4) is 0 Å². The first kappa shape index (κ1) is 14.9. The summed E-state index contributed by atoms with van der Waals surface area (Å²) in [4.78, 5) is 4.95. The maximum absolute atomic E-state index is 13.3. The summed E-state index contributed by atoms with van der Waals surface area (Å²) in [6.45, 7) is 6.22. The van der Waals surface area contributed by atoms with Gasteiger partial charge < -0.3 is 5.73 Å². The Hall–Kier alpha value is -1.04. The molecule has 2 fully saturated rings. The second-order valence-corrected chi connectivity index (χ2v) is 6.37. The molecule has 5 heteroatoms. The average Bonchev–Trinajstić information content (AvgIpc) is 2.89. The van der Waals surface area contributed by atoms with Gasteiger partial charge in [-0.15, -0.1) is 0 Å². The van der Waals surface area contributed by atoms with E-state index in [1.54, 1.807) is 6.07 Å². The lowest BCUT2D eigenvalue weighted by Crippen LogP contribution is -2.56. The summed E-state index contributed by atoms with van der Waals surface area (Å²) >= 11 is 0. The first-order valence-electron chi connectivity index (χ1n) is 7.73. The van der Waals surface area contributed by atoms with Crippen molar-refractivity contribution >= 4 is 0 Å². The van der Waals surface area contributed by atoms with Crippen LogP contribution in [0.2, 0.25) is 0 Å². The number of halogens is 2. The third-order valence-electron chi connectivity index (χ3n) is 4.87. The molecule has 0 aromatic heterocycles. The first-order valence-corrected chi connectivity index (χ1v) is 7.73. The van der Waals surface area contributed by atoms with Crippen LogP contribution in [0.3, 0.4) is 0 Å². The van der Waals surface area contributed by atoms with Crippen LogP contribution >= 0.6 is 0 Å². The predicted octanol–water partition coefficient (Wildman–Crippen LogP) is 2.13. The lowest BCUT2D eigenvalue weighted by atomic mass is 10.0. The maximum atomic E-state index is 13.3. The van der Waals surface area contributed by atoms with Gasteiger partial charge in [0, 0.05) is 37.8 Å². The van der Waals surface area contributed by atoms with E-state index in [4.69, 9.17) is 5.73 Å². The highest BCUT2D eigenvalue weighted by molar-refractivity contribution is 5.21. The minimum atomic E-state index is -0.823. The van der Waals surface area contributed by atoms with Crippen LogP contribution in [0.5, 0.6) is 0 Å². The van der Waals surface area contributed by atoms with Crippen molar-refractivity contribution < 1.29 is 8.78 Å². The zero-order valence-corrected chi connectivity index (χ0v) is 12.4. The van der Waals surface area contributed by atoms with Crippen LogP contribution in [-0.4, -0.2) is 48.1 Å². The Morgan fingerprint density at radius 1 is 1.29 bits per heavy atom. The van der Waals surface area contributed by atoms with E-state index in [1.807, 2.05) is 0 Å². The highest BCUT2D eigenvalue weighted by Crippen LogP contribution is 2.26. The van der Waals surface area contributed by atoms with Crippen molar-refractivity contribution in [3.05, 3.63) is 35.4 Å². The van der Waals surface area contributed by atoms with Crippen LogP contribution in [0.1, 0.15) is 31.4 Å². The highest BCUT2D eigenvalue weighted by atomic mass is 19.2. The van der Waals surface area contributed by atoms with Crippen molar-refractivity contribution in [2.24, 2.45) is 5.73 Å². The van der Waals surface area contributed by atoms with E-state index in [9.17, 15) is 8.78 Å². The molecule has 2 heterocycles. The Morgan fingerprint density at radius 2 is 2.10 bits per heavy atom. The number of fused-ring (bicyclic) bond motifs is 1. The minimum absolute atomic E-state index is 0.282. The summed E-state index contributed by atoms with van der Waals surface area (Å²) in [6, 6.07) is 4.77. The number of nitrogens with zero attached hydrogens (tertiary/aromatic N) is 2. The molecule has 1 aromatic carbocycles. The Bertz CT molecular complexity index is 508. The van der Waals surface area contributed by atoms with E-state index >= 15 is 0 Å². The molecule has 2 aliphatic heterocycles. The molecule has 0 radical (unpaired) electrons. The maximum Gasteiger partial charge on any atom is 0.159 e. The molecule has 116 valence electrons. The van der Waals surface area contributed by atoms with Crippen LogP contribution in [-0.2, 0) is 0 Å². The predicted molar refractivity (Wildman–Crippen MR) is 78.9 cm³/mol. The van der Waals surface area contributed by atoms with Gasteiger partial charge >= 0.3 is 0 Å². The molecule has 0 saturated carbocycles. The van der Waals surface area contributed by atoms with Crippen molar-refractivity contribution in [2.75, 3.05) is 26.2 Å². The average molecular weight is 295 g/mol. The number of hydrogen-bond donors (Lipinski definition) is 1. The number of piperazine rings is 1. The zero-order chi connectivity index (χ0) is 15.0. The van der Waals surface area contributed by atoms with E-state index in [1.165, 1.54) is 25.5 Å². The van der Waals surface area contributed by atoms with Gasteiger partial charge in [0.2, 0.25) is 0 Å². The minimum Gasteiger partial charge on any atom is -0.323 e. The fourth-order valence-electron chi connectivity index (χ4n) is 3.60. The first-order chi connectivity index (χ1) is 10.0. The van der Waals surface area contributed by atoms with E-state index < -0.39 is 11.6 Å². The van der Waals surface area contributed by atoms with Gasteiger partial charge in [-0.25, -0.2) is 8.78 Å². The van der Waals surface area contributed by atoms with Gasteiger partial charge in [0.25, 0.3) is 0 Å². The molecule has 21 heavy (non-hydrogen) atoms. The summed E-state index contributed by atoms with van der Waals surface area (Å²) in [5, 5.41) is 0. The second kappa shape index (κ2) is 5.99. The van der Waals surface area contributed by atoms with Gasteiger partial charge in [0.15, 0.2) is 11.6 Å². The van der Waals surface area contributed by atoms with Crippen LogP contribution < -0.4 is 5.73 Å². The molecule has 2 aliphatic rings. The van der Waals surface area contributed by atoms with E-state index in [2.05, 4.69) is 16.7 Å². The number of hydrogen-bond acceptors (Lipinski definition) is 3. The van der Waals surface area contributed by atoms with Gasteiger partial charge in [-0.2, -0.15) is 0 Å². The monoisotopic (exact) mass is 295 g/mol. The van der Waals surface area contributed by atoms with Gasteiger partial charge in [-0.3, -0.25) is 9.80 Å². The van der Waals surface area contributed by atoms with Crippen LogP contribution in [0.25, 0.3) is 0 Å². The third kappa shape index (κ3) is 3.10. The second-order valence-electron chi connectivity index (χ2n) is 6.37. The standard InChI is InChI=1S/C16H23F2N3/c1-11-8-20-6-2-3-13(20)9-21(11)10-16(19)12-4-5-14(17)15(18)7-12/h4-5,7,11,13,16H,2-3,6,8-10,19H2,1H3. The van der Waals surface area contributed by atoms with E-state index in [0.717, 1.165) is 19.2 Å². The quantitative estimate of drug-likeness (QED) is 0.927. The SMILES string of the molecule is CC1CN2CCCC2CN1CC(N)c1ccc(F)c(F)c1. The lowest BCUT2D eigenvalue weighted by Gasteiger charge is -2.43. The smallest absolute Gasteiger partial charge is 0.159 e. The fraction of sp³-hybridized carbons (Fsp3) is 0.625. The summed E-state index contributed by atoms with van der Waals surface area (Å²) in [5.41, 5.74) is 6.86. The topological polar surface area (TPSA) is 32.5 Å². The lowest BCUT2D eigenvalue weighted by molar-refractivity contribution is 0.0553. The molecule has 0 aliphatic carbocycles. The summed E-state index contributed by atoms with van der Waals surface area (Å²) < 4.78 is 26.3. The Kier molecular flexibility index (Phi) is 4.24. The molecule has 3 atom stereocenters. The van der Waals surface area contributed by atoms with Crippen molar-refractivity contribution in [1.29, 1.82) is 0 Å². The third-order valence-corrected chi connectivity index (χ3v) is 4.87. The summed E-state index contributed by atoms with van der Waals surface area (Å²) in [7, 11) is 0. The van der Waals surface area contributed by atoms with Gasteiger partial charge in [-0.05, 0) is 44.0 Å². The van der Waals surface area contributed by atoms with Crippen molar-refractivity contribution in [1.82, 2.24) is 9.80 Å². The van der Waals surface area contributed by atoms with Gasteiger partial charge in [-0.1, -0.05) is 6.07 Å². The molecular weight excluding hydrogens is 272 g/mol. The molecule has 2 saturated heterocycles. The Morgan fingerprint density at radius 3 is 2.86 bits per heavy atom. The van der Waals surface area contributed by atoms with Crippen molar-refractivity contribution in [3.63, 3.8) is 0 Å². The normalized spacial score (nSPS) is 28.6. The van der Waals surface area contributed by atoms with Crippen LogP contribution in [0.4, 0.5) is 8.78 Å². The van der Waals surface area contributed by atoms with E-state index in [0.29, 0.717) is 24.2 Å². The van der Waals surface area contributed by atoms with Gasteiger partial charge in [0.05, 0.1) is 0 Å². The Balaban J connectivity index is 1.66. The molecule has 0 bridgehead atoms. The number of rotatable bonds is 3.